The summed E-state index contributed by atoms with van der Waals surface area (Å²) in [6.45, 7) is 0.275. The molecular weight excluding hydrogens is 492 g/mol. The normalized spacial score (nSPS) is 24.6. The molecule has 2 fully saturated rings. The van der Waals surface area contributed by atoms with E-state index in [0.29, 0.717) is 0 Å². The zero-order valence-corrected chi connectivity index (χ0v) is 18.3. The number of hydrogen-bond donors (Lipinski definition) is 1. The quantitative estimate of drug-likeness (QED) is 0.378. The maximum absolute atomic E-state index is 13.3. The minimum Gasteiger partial charge on any atom is -0.460 e. The number of Topliss-reactive ketones (excluding diaryl/α,β-unsaturated/α-hetero) is 1. The smallest absolute Gasteiger partial charge is 0.460 e. The van der Waals surface area contributed by atoms with Gasteiger partial charge in [0.2, 0.25) is 0 Å². The number of ketones is 1. The number of piperidine rings is 2. The number of aliphatic hydroxyl groups excluding tert-OH is 1. The highest BCUT2D eigenvalue weighted by molar-refractivity contribution is 5.97. The Morgan fingerprint density at radius 2 is 1.31 bits per heavy atom. The van der Waals surface area contributed by atoms with E-state index in [-0.39, 0.29) is 72.0 Å². The van der Waals surface area contributed by atoms with Crippen LogP contribution in [0.15, 0.2) is 36.4 Å². The van der Waals surface area contributed by atoms with Crippen LogP contribution in [0.2, 0.25) is 0 Å². The largest absolute Gasteiger partial charge is 0.586 e. The summed E-state index contributed by atoms with van der Waals surface area (Å²) in [5.41, 5.74) is 0.304. The molecule has 4 aliphatic rings. The van der Waals surface area contributed by atoms with E-state index in [9.17, 15) is 32.3 Å². The summed E-state index contributed by atoms with van der Waals surface area (Å²) in [6.07, 6.45) is -7.60. The summed E-state index contributed by atoms with van der Waals surface area (Å²) < 4.78 is 72.3. The van der Waals surface area contributed by atoms with Crippen LogP contribution in [0.3, 0.4) is 0 Å². The molecule has 0 saturated carbocycles. The number of fused-ring (bicyclic) bond motifs is 4. The maximum Gasteiger partial charge on any atom is 0.586 e. The van der Waals surface area contributed by atoms with Crippen molar-refractivity contribution in [2.45, 2.75) is 12.6 Å². The zero-order chi connectivity index (χ0) is 25.4. The van der Waals surface area contributed by atoms with Crippen LogP contribution in [0.4, 0.5) is 17.6 Å². The fraction of sp³-hybridized carbons (Fsp3) is 0.348. The van der Waals surface area contributed by atoms with Gasteiger partial charge in [-0.05, 0) is 30.3 Å². The van der Waals surface area contributed by atoms with Crippen molar-refractivity contribution in [2.24, 2.45) is 11.8 Å². The second kappa shape index (κ2) is 7.48. The van der Waals surface area contributed by atoms with Gasteiger partial charge in [0.05, 0.1) is 17.4 Å². The van der Waals surface area contributed by atoms with Gasteiger partial charge in [0.1, 0.15) is 0 Å². The SMILES string of the molecule is O=C1C2CN(C(=O)c3ccc4c(c3)OC(F)(F)O4)CC1C[N+](=C(O)c1ccc3c(c1)OC(F)(F)O3)C2. The van der Waals surface area contributed by atoms with Crippen molar-refractivity contribution in [2.75, 3.05) is 26.2 Å². The number of amides is 1. The molecule has 0 aromatic heterocycles. The monoisotopic (exact) mass is 509 g/mol. The Bertz CT molecular complexity index is 1330. The van der Waals surface area contributed by atoms with Gasteiger partial charge < -0.3 is 29.0 Å². The second-order valence-electron chi connectivity index (χ2n) is 8.89. The van der Waals surface area contributed by atoms with Crippen LogP contribution in [0.5, 0.6) is 23.0 Å². The summed E-state index contributed by atoms with van der Waals surface area (Å²) >= 11 is 0. The maximum atomic E-state index is 13.3. The van der Waals surface area contributed by atoms with E-state index in [1.165, 1.54) is 41.3 Å². The van der Waals surface area contributed by atoms with Gasteiger partial charge in [-0.1, -0.05) is 0 Å². The fourth-order valence-corrected chi connectivity index (χ4v) is 4.90. The lowest BCUT2D eigenvalue weighted by molar-refractivity contribution is -0.553. The van der Waals surface area contributed by atoms with Crippen molar-refractivity contribution < 1.29 is 55.8 Å². The molecule has 36 heavy (non-hydrogen) atoms. The molecule has 13 heteroatoms. The molecule has 4 heterocycles. The van der Waals surface area contributed by atoms with Crippen molar-refractivity contribution in [3.05, 3.63) is 47.5 Å². The third-order valence-corrected chi connectivity index (χ3v) is 6.46. The van der Waals surface area contributed by atoms with Crippen molar-refractivity contribution in [1.82, 2.24) is 4.90 Å². The van der Waals surface area contributed by atoms with Crippen LogP contribution in [0.1, 0.15) is 15.9 Å². The number of benzene rings is 2. The molecule has 1 amide bonds. The third-order valence-electron chi connectivity index (χ3n) is 6.46. The molecule has 1 N–H and O–H groups in total. The number of ether oxygens (including phenoxy) is 4. The number of carbonyl (C=O) groups is 2. The number of halogens is 4. The van der Waals surface area contributed by atoms with Crippen LogP contribution in [0.25, 0.3) is 0 Å². The van der Waals surface area contributed by atoms with Gasteiger partial charge in [0.15, 0.2) is 41.9 Å². The van der Waals surface area contributed by atoms with E-state index in [0.717, 1.165) is 0 Å². The molecule has 2 saturated heterocycles. The van der Waals surface area contributed by atoms with Gasteiger partial charge in [0.25, 0.3) is 5.91 Å². The predicted octanol–water partition coefficient (Wildman–Crippen LogP) is 2.62. The summed E-state index contributed by atoms with van der Waals surface area (Å²) in [5, 5.41) is 10.8. The number of likely N-dealkylation sites (tertiary alicyclic amines) is 1. The molecule has 6 rings (SSSR count). The Morgan fingerprint density at radius 1 is 0.833 bits per heavy atom. The lowest BCUT2D eigenvalue weighted by Gasteiger charge is -2.38. The minimum absolute atomic E-state index is 0.0515. The highest BCUT2D eigenvalue weighted by Gasteiger charge is 2.48. The first kappa shape index (κ1) is 22.4. The minimum atomic E-state index is -3.81. The number of aliphatic hydroxyl groups is 1. The van der Waals surface area contributed by atoms with Crippen molar-refractivity contribution in [3.8, 4) is 23.0 Å². The first-order valence-corrected chi connectivity index (χ1v) is 10.9. The average Bonchev–Trinajstić information content (AvgIpc) is 3.28. The van der Waals surface area contributed by atoms with Crippen molar-refractivity contribution in [1.29, 1.82) is 0 Å². The van der Waals surface area contributed by atoms with Gasteiger partial charge in [0, 0.05) is 24.7 Å². The van der Waals surface area contributed by atoms with Crippen LogP contribution < -0.4 is 18.9 Å². The predicted molar refractivity (Wildman–Crippen MR) is 110 cm³/mol. The van der Waals surface area contributed by atoms with E-state index >= 15 is 0 Å². The molecular formula is C23H17F4N2O7+. The average molecular weight is 509 g/mol. The number of rotatable bonds is 2. The van der Waals surface area contributed by atoms with Crippen LogP contribution in [0, 0.1) is 11.8 Å². The van der Waals surface area contributed by atoms with Gasteiger partial charge in [-0.2, -0.15) is 4.58 Å². The van der Waals surface area contributed by atoms with Crippen molar-refractivity contribution in [3.63, 3.8) is 0 Å². The number of alkyl halides is 4. The zero-order valence-electron chi connectivity index (χ0n) is 18.3. The molecule has 2 atom stereocenters. The Morgan fingerprint density at radius 3 is 1.86 bits per heavy atom. The fourth-order valence-electron chi connectivity index (χ4n) is 4.90. The van der Waals surface area contributed by atoms with Crippen LogP contribution in [-0.2, 0) is 4.79 Å². The Hall–Kier alpha value is -4.03. The summed E-state index contributed by atoms with van der Waals surface area (Å²) in [7, 11) is 0. The van der Waals surface area contributed by atoms with Gasteiger partial charge >= 0.3 is 18.5 Å². The van der Waals surface area contributed by atoms with Gasteiger partial charge in [-0.25, -0.2) is 0 Å². The molecule has 2 bridgehead atoms. The molecule has 2 unspecified atom stereocenters. The van der Waals surface area contributed by atoms with E-state index in [4.69, 9.17) is 0 Å². The van der Waals surface area contributed by atoms with E-state index in [1.54, 1.807) is 4.58 Å². The molecule has 2 aromatic rings. The standard InChI is InChI=1S/C23H16F4N2O7/c24-22(25)33-15-3-1-11(5-17(15)35-22)20(31)28-7-13-9-29(10-14(8-28)19(13)30)21(32)12-2-4-16-18(6-12)36-23(26,27)34-16/h1-6,13-14H,7-10H2/p+1. The van der Waals surface area contributed by atoms with Crippen molar-refractivity contribution >= 4 is 17.6 Å². The molecule has 2 aromatic carbocycles. The first-order chi connectivity index (χ1) is 17.0. The Balaban J connectivity index is 1.20. The summed E-state index contributed by atoms with van der Waals surface area (Å²) in [6, 6.07) is 7.59. The van der Waals surface area contributed by atoms with E-state index in [1.807, 2.05) is 0 Å². The molecule has 188 valence electrons. The first-order valence-electron chi connectivity index (χ1n) is 10.9. The summed E-state index contributed by atoms with van der Waals surface area (Å²) in [4.78, 5) is 27.3. The Kier molecular flexibility index (Phi) is 4.66. The summed E-state index contributed by atoms with van der Waals surface area (Å²) in [5.74, 6) is -2.82. The number of nitrogens with zero attached hydrogens (tertiary/aromatic N) is 2. The van der Waals surface area contributed by atoms with Gasteiger partial charge in [-0.15, -0.1) is 17.6 Å². The lowest BCUT2D eigenvalue weighted by atomic mass is 9.83. The highest BCUT2D eigenvalue weighted by Crippen LogP contribution is 2.42. The van der Waals surface area contributed by atoms with E-state index < -0.39 is 30.3 Å². The molecule has 0 aliphatic carbocycles. The molecule has 4 aliphatic heterocycles. The number of carbonyl (C=O) groups excluding carboxylic acids is 2. The molecule has 9 nitrogen and oxygen atoms in total. The topological polar surface area (TPSA) is 97.5 Å². The molecule has 0 radical (unpaired) electrons. The second-order valence-corrected chi connectivity index (χ2v) is 8.89. The third kappa shape index (κ3) is 3.74. The highest BCUT2D eigenvalue weighted by atomic mass is 19.3. The van der Waals surface area contributed by atoms with E-state index in [2.05, 4.69) is 18.9 Å². The molecule has 0 spiro atoms. The lowest BCUT2D eigenvalue weighted by Crippen LogP contribution is -2.58. The van der Waals surface area contributed by atoms with Crippen LogP contribution >= 0.6 is 0 Å². The Labute approximate surface area is 200 Å². The van der Waals surface area contributed by atoms with Crippen LogP contribution in [-0.4, -0.2) is 70.9 Å². The number of hydrogen-bond acceptors (Lipinski definition) is 6. The van der Waals surface area contributed by atoms with Gasteiger partial charge in [-0.3, -0.25) is 9.59 Å².